The molecule has 7 heteroatoms. The van der Waals surface area contributed by atoms with E-state index in [9.17, 15) is 0 Å². The Kier molecular flexibility index (Phi) is 3.68. The summed E-state index contributed by atoms with van der Waals surface area (Å²) in [7, 11) is 3.23. The average molecular weight is 302 g/mol. The van der Waals surface area contributed by atoms with Crippen LogP contribution in [0, 0.1) is 4.77 Å². The Bertz CT molecular complexity index is 840. The van der Waals surface area contributed by atoms with E-state index in [0.29, 0.717) is 28.4 Å². The zero-order valence-corrected chi connectivity index (χ0v) is 12.5. The van der Waals surface area contributed by atoms with Crippen molar-refractivity contribution in [1.29, 1.82) is 0 Å². The summed E-state index contributed by atoms with van der Waals surface area (Å²) in [5.41, 5.74) is 3.34. The van der Waals surface area contributed by atoms with E-state index in [4.69, 9.17) is 21.7 Å². The average Bonchev–Trinajstić information content (AvgIpc) is 2.83. The number of H-pyrrole nitrogens is 1. The molecule has 3 aromatic rings. The first-order valence-corrected chi connectivity index (χ1v) is 6.73. The van der Waals surface area contributed by atoms with Crippen molar-refractivity contribution in [3.05, 3.63) is 40.9 Å². The van der Waals surface area contributed by atoms with Gasteiger partial charge in [-0.05, 0) is 29.9 Å². The van der Waals surface area contributed by atoms with E-state index in [1.165, 1.54) is 6.33 Å². The highest BCUT2D eigenvalue weighted by atomic mass is 32.1. The number of nitrogens with one attached hydrogen (secondary N) is 1. The van der Waals surface area contributed by atoms with Gasteiger partial charge in [-0.3, -0.25) is 4.57 Å². The van der Waals surface area contributed by atoms with Crippen LogP contribution in [0.4, 0.5) is 0 Å². The summed E-state index contributed by atoms with van der Waals surface area (Å²) in [4.78, 5) is 11.5. The Morgan fingerprint density at radius 2 is 2.14 bits per heavy atom. The molecule has 0 unspecified atom stereocenters. The highest BCUT2D eigenvalue weighted by molar-refractivity contribution is 7.71. The maximum atomic E-state index is 5.40. The van der Waals surface area contributed by atoms with Crippen molar-refractivity contribution in [2.24, 2.45) is 0 Å². The molecule has 0 aliphatic heterocycles. The molecule has 0 saturated heterocycles. The van der Waals surface area contributed by atoms with Crippen LogP contribution in [0.15, 0.2) is 30.6 Å². The second kappa shape index (κ2) is 5.63. The molecule has 0 fully saturated rings. The molecule has 2 aromatic heterocycles. The monoisotopic (exact) mass is 302 g/mol. The fourth-order valence-corrected chi connectivity index (χ4v) is 2.54. The van der Waals surface area contributed by atoms with E-state index in [1.807, 2.05) is 28.8 Å². The molecule has 0 amide bonds. The van der Waals surface area contributed by atoms with Crippen LogP contribution in [0.5, 0.6) is 5.88 Å². The maximum absolute atomic E-state index is 5.40. The van der Waals surface area contributed by atoms with Crippen LogP contribution in [-0.2, 0) is 11.3 Å². The van der Waals surface area contributed by atoms with Crippen molar-refractivity contribution in [2.75, 3.05) is 14.2 Å². The van der Waals surface area contributed by atoms with Crippen LogP contribution in [0.3, 0.4) is 0 Å². The zero-order chi connectivity index (χ0) is 14.8. The molecule has 3 rings (SSSR count). The van der Waals surface area contributed by atoms with Crippen LogP contribution in [0.25, 0.3) is 16.9 Å². The summed E-state index contributed by atoms with van der Waals surface area (Å²) in [5, 5.41) is 0. The highest BCUT2D eigenvalue weighted by Gasteiger charge is 2.12. The molecule has 1 aromatic carbocycles. The van der Waals surface area contributed by atoms with E-state index in [0.717, 1.165) is 11.3 Å². The lowest BCUT2D eigenvalue weighted by Crippen LogP contribution is -1.98. The summed E-state index contributed by atoms with van der Waals surface area (Å²) < 4.78 is 12.8. The number of methoxy groups -OCH3 is 2. The largest absolute Gasteiger partial charge is 0.479 e. The molecule has 0 aliphatic rings. The van der Waals surface area contributed by atoms with Crippen molar-refractivity contribution in [3.8, 4) is 11.6 Å². The SMILES string of the molecule is COCc1cccc(-n2c(=S)[nH]c3c(OC)ncnc32)c1. The molecule has 21 heavy (non-hydrogen) atoms. The second-order valence-electron chi connectivity index (χ2n) is 4.45. The molecule has 0 bridgehead atoms. The normalized spacial score (nSPS) is 11.0. The first-order chi connectivity index (χ1) is 10.2. The van der Waals surface area contributed by atoms with Gasteiger partial charge in [0.15, 0.2) is 10.4 Å². The summed E-state index contributed by atoms with van der Waals surface area (Å²) in [6.45, 7) is 0.543. The molecular weight excluding hydrogens is 288 g/mol. The lowest BCUT2D eigenvalue weighted by molar-refractivity contribution is 0.185. The summed E-state index contributed by atoms with van der Waals surface area (Å²) in [6.07, 6.45) is 1.46. The van der Waals surface area contributed by atoms with Gasteiger partial charge in [-0.1, -0.05) is 12.1 Å². The van der Waals surface area contributed by atoms with Gasteiger partial charge in [-0.25, -0.2) is 4.98 Å². The van der Waals surface area contributed by atoms with Gasteiger partial charge in [0.1, 0.15) is 11.8 Å². The molecule has 0 spiro atoms. The number of hydrogen-bond acceptors (Lipinski definition) is 5. The first-order valence-electron chi connectivity index (χ1n) is 6.32. The van der Waals surface area contributed by atoms with Crippen LogP contribution >= 0.6 is 12.2 Å². The van der Waals surface area contributed by atoms with E-state index in [-0.39, 0.29) is 0 Å². The fourth-order valence-electron chi connectivity index (χ4n) is 2.24. The Hall–Kier alpha value is -2.25. The third-order valence-electron chi connectivity index (χ3n) is 3.11. The Balaban J connectivity index is 2.23. The molecule has 1 N–H and O–H groups in total. The number of imidazole rings is 1. The van der Waals surface area contributed by atoms with Gasteiger partial charge < -0.3 is 14.5 Å². The lowest BCUT2D eigenvalue weighted by Gasteiger charge is -2.06. The minimum atomic E-state index is 0.470. The molecule has 0 saturated carbocycles. The number of rotatable bonds is 4. The van der Waals surface area contributed by atoms with E-state index >= 15 is 0 Å². The fraction of sp³-hybridized carbons (Fsp3) is 0.214. The lowest BCUT2D eigenvalue weighted by atomic mass is 10.2. The van der Waals surface area contributed by atoms with E-state index < -0.39 is 0 Å². The first kappa shape index (κ1) is 13.7. The van der Waals surface area contributed by atoms with Gasteiger partial charge in [0, 0.05) is 7.11 Å². The van der Waals surface area contributed by atoms with Gasteiger partial charge in [-0.15, -0.1) is 0 Å². The summed E-state index contributed by atoms with van der Waals surface area (Å²) in [5.74, 6) is 0.470. The van der Waals surface area contributed by atoms with Crippen molar-refractivity contribution in [1.82, 2.24) is 19.5 Å². The molecule has 2 heterocycles. The van der Waals surface area contributed by atoms with Gasteiger partial charge in [0.05, 0.1) is 19.4 Å². The van der Waals surface area contributed by atoms with Crippen LogP contribution < -0.4 is 4.74 Å². The molecule has 6 nitrogen and oxygen atoms in total. The van der Waals surface area contributed by atoms with Gasteiger partial charge in [0.25, 0.3) is 0 Å². The third kappa shape index (κ3) is 2.41. The predicted molar refractivity (Wildman–Crippen MR) is 81.3 cm³/mol. The number of ether oxygens (including phenoxy) is 2. The Morgan fingerprint density at radius 1 is 1.29 bits per heavy atom. The van der Waals surface area contributed by atoms with Crippen molar-refractivity contribution in [2.45, 2.75) is 6.61 Å². The van der Waals surface area contributed by atoms with E-state index in [1.54, 1.807) is 14.2 Å². The minimum absolute atomic E-state index is 0.470. The topological polar surface area (TPSA) is 65.0 Å². The highest BCUT2D eigenvalue weighted by Crippen LogP contribution is 2.23. The summed E-state index contributed by atoms with van der Waals surface area (Å²) in [6, 6.07) is 7.95. The predicted octanol–water partition coefficient (Wildman–Crippen LogP) is 2.63. The number of aromatic amines is 1. The standard InChI is InChI=1S/C14H14N4O2S/c1-19-7-9-4-3-5-10(6-9)18-12-11(17-14(18)21)13(20-2)16-8-15-12/h3-6,8H,7H2,1-2H3,(H,17,21). The van der Waals surface area contributed by atoms with Crippen molar-refractivity contribution in [3.63, 3.8) is 0 Å². The second-order valence-corrected chi connectivity index (χ2v) is 4.84. The van der Waals surface area contributed by atoms with Crippen molar-refractivity contribution >= 4 is 23.4 Å². The third-order valence-corrected chi connectivity index (χ3v) is 3.40. The van der Waals surface area contributed by atoms with Crippen LogP contribution in [0.1, 0.15) is 5.56 Å². The number of nitrogens with zero attached hydrogens (tertiary/aromatic N) is 3. The van der Waals surface area contributed by atoms with Crippen LogP contribution in [-0.4, -0.2) is 33.7 Å². The Morgan fingerprint density at radius 3 is 2.90 bits per heavy atom. The quantitative estimate of drug-likeness (QED) is 0.751. The van der Waals surface area contributed by atoms with Crippen molar-refractivity contribution < 1.29 is 9.47 Å². The number of aromatic nitrogens is 4. The van der Waals surface area contributed by atoms with E-state index in [2.05, 4.69) is 15.0 Å². The summed E-state index contributed by atoms with van der Waals surface area (Å²) >= 11 is 5.40. The zero-order valence-electron chi connectivity index (χ0n) is 11.7. The molecule has 0 radical (unpaired) electrons. The number of fused-ring (bicyclic) bond motifs is 1. The smallest absolute Gasteiger partial charge is 0.242 e. The molecule has 0 atom stereocenters. The molecular formula is C14H14N4O2S. The van der Waals surface area contributed by atoms with Gasteiger partial charge in [-0.2, -0.15) is 4.98 Å². The maximum Gasteiger partial charge on any atom is 0.242 e. The van der Waals surface area contributed by atoms with Crippen LogP contribution in [0.2, 0.25) is 0 Å². The number of benzene rings is 1. The van der Waals surface area contributed by atoms with Gasteiger partial charge >= 0.3 is 0 Å². The van der Waals surface area contributed by atoms with Gasteiger partial charge in [0.2, 0.25) is 5.88 Å². The minimum Gasteiger partial charge on any atom is -0.479 e. The molecule has 0 aliphatic carbocycles. The Labute approximate surface area is 126 Å². The molecule has 108 valence electrons. The number of hydrogen-bond donors (Lipinski definition) is 1.